The van der Waals surface area contributed by atoms with Crippen LogP contribution < -0.4 is 0 Å². The van der Waals surface area contributed by atoms with Crippen molar-refractivity contribution in [3.63, 3.8) is 0 Å². The van der Waals surface area contributed by atoms with Crippen LogP contribution in [0.5, 0.6) is 0 Å². The largest absolute Gasteiger partial charge is 0.382 e. The number of nitrogens with zero attached hydrogens (tertiary/aromatic N) is 49. The number of ether oxygens (including phenoxy) is 1. The normalized spacial score (nSPS) is 20.7. The first-order valence-corrected chi connectivity index (χ1v) is 39.8. The molecular weight excluding hydrogens is 2100 g/mol. The molecule has 0 aromatic carbocycles. The number of rotatable bonds is 2. The summed E-state index contributed by atoms with van der Waals surface area (Å²) in [6, 6.07) is 0. The maximum absolute atomic E-state index is 9.44. The van der Waals surface area contributed by atoms with E-state index in [1.165, 1.54) is 62.0 Å². The zero-order chi connectivity index (χ0) is 90.3. The van der Waals surface area contributed by atoms with E-state index >= 15 is 0 Å². The summed E-state index contributed by atoms with van der Waals surface area (Å²) in [5, 5.41) is -0.178. The van der Waals surface area contributed by atoms with E-state index in [-0.39, 0.29) is 248 Å². The summed E-state index contributed by atoms with van der Waals surface area (Å²) in [5.41, 5.74) is 0. The molecule has 0 atom stereocenters. The molecule has 0 fully saturated rings. The summed E-state index contributed by atoms with van der Waals surface area (Å²) >= 11 is 120. The van der Waals surface area contributed by atoms with Crippen LogP contribution in [0.2, 0.25) is 0 Å². The maximum Gasteiger partial charge on any atom is 0.245 e. The van der Waals surface area contributed by atoms with Crippen LogP contribution in [0.3, 0.4) is 0 Å². The van der Waals surface area contributed by atoms with Gasteiger partial charge >= 0.3 is 0 Å². The number of Topliss-reactive ketones (excluding diaryl/α,β-unsaturated/α-hetero) is 2. The fraction of sp³-hybridized carbons (Fsp3) is 0.154. The molecule has 0 amide bonds. The van der Waals surface area contributed by atoms with E-state index in [9.17, 15) is 9.59 Å². The molecule has 21 rings (SSSR count). The van der Waals surface area contributed by atoms with Gasteiger partial charge in [-0.15, -0.1) is 0 Å². The molecule has 0 aliphatic carbocycles. The molecule has 52 nitrogen and oxygen atoms in total. The first kappa shape index (κ1) is 94.3. The molecule has 0 aromatic rings. The Morgan fingerprint density at radius 3 is 0.256 bits per heavy atom. The lowest BCUT2D eigenvalue weighted by atomic mass is 10.5. The van der Waals surface area contributed by atoms with E-state index in [1.807, 2.05) is 13.8 Å². The number of carbonyl (C=O) groups excluding carboxylic acids is 2. The van der Waals surface area contributed by atoms with Crippen LogP contribution in [0, 0.1) is 0 Å². The van der Waals surface area contributed by atoms with Crippen LogP contribution in [-0.2, 0) is 14.3 Å². The van der Waals surface area contributed by atoms with Crippen molar-refractivity contribution >= 4 is 492 Å². The molecule has 21 heterocycles. The highest BCUT2D eigenvalue weighted by Gasteiger charge is 2.41. The van der Waals surface area contributed by atoms with Crippen molar-refractivity contribution in [2.24, 2.45) is 210 Å². The molecule has 640 valence electrons. The molecule has 0 aromatic heterocycles. The minimum absolute atomic E-state index is 0.00849. The topological polar surface area (TPSA) is 585 Å². The van der Waals surface area contributed by atoms with Crippen LogP contribution in [0.4, 0.5) is 0 Å². The molecule has 0 radical (unpaired) electrons. The fourth-order valence-corrected chi connectivity index (χ4v) is 11.9. The lowest BCUT2D eigenvalue weighted by molar-refractivity contribution is -0.115. The lowest BCUT2D eigenvalue weighted by Gasteiger charge is -2.27. The summed E-state index contributed by atoms with van der Waals surface area (Å²) in [7, 11) is 0. The van der Waals surface area contributed by atoms with Crippen LogP contribution in [0.1, 0.15) is 41.5 Å². The van der Waals surface area contributed by atoms with Crippen molar-refractivity contribution in [3.05, 3.63) is 0 Å². The van der Waals surface area contributed by atoms with Gasteiger partial charge in [0.25, 0.3) is 0 Å². The van der Waals surface area contributed by atoms with Gasteiger partial charge in [0.1, 0.15) is 11.6 Å². The summed E-state index contributed by atoms with van der Waals surface area (Å²) in [6.45, 7) is 11.8. The van der Waals surface area contributed by atoms with Crippen molar-refractivity contribution in [3.8, 4) is 0 Å². The smallest absolute Gasteiger partial charge is 0.245 e. The number of ketones is 2. The Balaban J connectivity index is 0.000000130. The van der Waals surface area contributed by atoms with Gasteiger partial charge in [0, 0.05) is 13.2 Å². The first-order chi connectivity index (χ1) is 59.3. The second-order valence-corrected chi connectivity index (χ2v) is 28.7. The molecule has 0 N–H and O–H groups in total. The van der Waals surface area contributed by atoms with Crippen molar-refractivity contribution < 1.29 is 14.3 Å². The average molecular weight is 2130 g/mol. The van der Waals surface area contributed by atoms with Crippen molar-refractivity contribution in [1.82, 2.24) is 34.3 Å². The highest BCUT2D eigenvalue weighted by Crippen LogP contribution is 2.28. The van der Waals surface area contributed by atoms with Crippen LogP contribution in [-0.4, -0.2) is 295 Å². The number of amidine groups is 21. The molecule has 21 aliphatic rings. The SMILES string of the molecule is CC(C)=O.CC(C)=O.CCOCC.ClC1=NC2=NC(Cl)=NC3=NC(Cl)=NC(=N1)N23.ClC1=NC2=NC(Cl)=NC3=NC(Cl)=NC(=N1)N23.ClC1=NC2=NC(Cl)=NC3=NC(Cl)=NC(=N1)N23.ClC1=NC2=NC(Cl)=NC3=NC(Cl)=NC(=N1)N23.ClC1=NC2=NC(Cl)=NC3=NC(Cl)=NC(=N1)N23.ClC1=NC2=NC(Cl)=NC3=NC(Cl)=NC(=N1)N23.ClC1=NC2=NC(Cl)=NC3=NC(Cl)=NC(=N1)N23. The molecule has 0 saturated carbocycles. The highest BCUT2D eigenvalue weighted by molar-refractivity contribution is 6.78. The summed E-state index contributed by atoms with van der Waals surface area (Å²) < 4.78 is 4.83. The van der Waals surface area contributed by atoms with Gasteiger partial charge in [0.15, 0.2) is 0 Å². The number of aliphatic imine (C=N–C) groups is 42. The zero-order valence-corrected chi connectivity index (χ0v) is 76.4. The van der Waals surface area contributed by atoms with Crippen molar-refractivity contribution in [2.45, 2.75) is 41.5 Å². The predicted octanol–water partition coefficient (Wildman–Crippen LogP) is 10.5. The Kier molecular flexibility index (Phi) is 31.1. The van der Waals surface area contributed by atoms with Crippen molar-refractivity contribution in [2.75, 3.05) is 13.2 Å². The average Bonchev–Trinajstić information content (AvgIpc) is 0.810. The first-order valence-electron chi connectivity index (χ1n) is 31.8. The van der Waals surface area contributed by atoms with Crippen LogP contribution in [0.25, 0.3) is 0 Å². The van der Waals surface area contributed by atoms with Gasteiger partial charge < -0.3 is 14.3 Å². The Hall–Kier alpha value is -9.87. The molecule has 21 aliphatic heterocycles. The number of halogens is 21. The molecule has 0 bridgehead atoms. The summed E-state index contributed by atoms with van der Waals surface area (Å²) in [6.07, 6.45) is 0. The maximum atomic E-state index is 9.44. The number of hydrogen-bond acceptors (Lipinski definition) is 52. The molecule has 0 saturated heterocycles. The minimum atomic E-state index is -0.00849. The minimum Gasteiger partial charge on any atom is -0.382 e. The predicted molar refractivity (Wildman–Crippen MR) is 503 cm³/mol. The molecule has 0 spiro atoms. The second kappa shape index (κ2) is 41.3. The Labute approximate surface area is 797 Å². The molecule has 0 unspecified atom stereocenters. The van der Waals surface area contributed by atoms with Gasteiger partial charge in [-0.2, -0.15) is 210 Å². The molecule has 125 heavy (non-hydrogen) atoms. The van der Waals surface area contributed by atoms with Gasteiger partial charge in [-0.1, -0.05) is 0 Å². The van der Waals surface area contributed by atoms with Crippen LogP contribution >= 0.6 is 244 Å². The monoisotopic (exact) mass is 2110 g/mol. The highest BCUT2D eigenvalue weighted by atomic mass is 35.5. The zero-order valence-electron chi connectivity index (χ0n) is 60.5. The van der Waals surface area contributed by atoms with E-state index in [1.54, 1.807) is 0 Å². The third-order valence-corrected chi connectivity index (χ3v) is 16.2. The van der Waals surface area contributed by atoms with Gasteiger partial charge in [-0.05, 0) is 285 Å². The lowest BCUT2D eigenvalue weighted by Crippen LogP contribution is -2.46. The number of guanidine groups is 21. The summed E-state index contributed by atoms with van der Waals surface area (Å²) in [5.74, 6) is 4.74. The fourth-order valence-electron chi connectivity index (χ4n) is 8.70. The second-order valence-electron chi connectivity index (χ2n) is 21.6. The quantitative estimate of drug-likeness (QED) is 0.235. The van der Waals surface area contributed by atoms with Crippen molar-refractivity contribution in [1.29, 1.82) is 0 Å². The summed E-state index contributed by atoms with van der Waals surface area (Å²) in [4.78, 5) is 191. The number of carbonyl (C=O) groups is 2. The van der Waals surface area contributed by atoms with E-state index in [2.05, 4.69) is 210 Å². The standard InChI is InChI=1S/7C6Cl3N7.C4H10O.2C3H6O/c7*7-1-10-4-12-2(8)14-6-15-3(9)13-5(11-1)16(4)6;1-3-5-4-2;2*1-3(2)4/h;;;;;;;3-4H2,1-2H3;2*1-2H3. The van der Waals surface area contributed by atoms with E-state index < -0.39 is 0 Å². The Bertz CT molecular complexity index is 4710. The van der Waals surface area contributed by atoms with E-state index in [0.29, 0.717) is 0 Å². The Morgan fingerprint density at radius 2 is 0.216 bits per heavy atom. The van der Waals surface area contributed by atoms with E-state index in [4.69, 9.17) is 248 Å². The van der Waals surface area contributed by atoms with Gasteiger partial charge in [-0.25, -0.2) is 34.3 Å². The molecule has 73 heteroatoms. The number of hydrogen-bond donors (Lipinski definition) is 0. The van der Waals surface area contributed by atoms with Gasteiger partial charge in [0.05, 0.1) is 0 Å². The Morgan fingerprint density at radius 1 is 0.160 bits per heavy atom. The molecular formula is C52H22Cl21N49O3. The third-order valence-electron chi connectivity index (χ3n) is 12.7. The third kappa shape index (κ3) is 24.1. The van der Waals surface area contributed by atoms with Crippen LogP contribution in [0.15, 0.2) is 210 Å². The van der Waals surface area contributed by atoms with E-state index in [0.717, 1.165) is 13.2 Å². The van der Waals surface area contributed by atoms with Gasteiger partial charge in [0.2, 0.25) is 236 Å². The van der Waals surface area contributed by atoms with Gasteiger partial charge in [-0.3, -0.25) is 0 Å².